The molecule has 0 N–H and O–H groups in total. The highest BCUT2D eigenvalue weighted by Gasteiger charge is 2.15. The Bertz CT molecular complexity index is 777. The number of benzene rings is 1. The van der Waals surface area contributed by atoms with E-state index in [9.17, 15) is 4.79 Å². The van der Waals surface area contributed by atoms with E-state index in [1.165, 1.54) is 0 Å². The molecule has 0 saturated carbocycles. The molecule has 0 fully saturated rings. The second-order valence-electron chi connectivity index (χ2n) is 4.37. The largest absolute Gasteiger partial charge is 0.466 e. The van der Waals surface area contributed by atoms with Gasteiger partial charge in [-0.05, 0) is 18.4 Å². The summed E-state index contributed by atoms with van der Waals surface area (Å²) in [5.41, 5.74) is 0.631. The van der Waals surface area contributed by atoms with Gasteiger partial charge in [-0.25, -0.2) is 0 Å². The minimum absolute atomic E-state index is 0.0361. The molecule has 0 aliphatic heterocycles. The summed E-state index contributed by atoms with van der Waals surface area (Å²) in [5, 5.41) is 5.87. The molecular formula is C15H13N3O3. The first-order valence-corrected chi connectivity index (χ1v) is 6.60. The van der Waals surface area contributed by atoms with E-state index in [0.29, 0.717) is 18.1 Å². The molecule has 106 valence electrons. The monoisotopic (exact) mass is 283 g/mol. The van der Waals surface area contributed by atoms with Crippen LogP contribution in [0.15, 0.2) is 41.1 Å². The highest BCUT2D eigenvalue weighted by molar-refractivity contribution is 5.92. The molecule has 2 aromatic heterocycles. The van der Waals surface area contributed by atoms with Gasteiger partial charge in [-0.15, -0.1) is 0 Å². The first-order chi connectivity index (χ1) is 10.3. The third-order valence-corrected chi connectivity index (χ3v) is 2.95. The SMILES string of the molecule is CCOC(=O)Cc1nc(-c2nccc3ccccc23)no1. The highest BCUT2D eigenvalue weighted by atomic mass is 16.5. The zero-order valence-electron chi connectivity index (χ0n) is 11.4. The van der Waals surface area contributed by atoms with Gasteiger partial charge in [-0.1, -0.05) is 29.4 Å². The molecule has 0 bridgehead atoms. The molecule has 6 heteroatoms. The molecule has 6 nitrogen and oxygen atoms in total. The molecule has 1 aromatic carbocycles. The fraction of sp³-hybridized carbons (Fsp3) is 0.200. The molecule has 2 heterocycles. The van der Waals surface area contributed by atoms with Crippen molar-refractivity contribution >= 4 is 16.7 Å². The van der Waals surface area contributed by atoms with E-state index in [1.807, 2.05) is 30.3 Å². The first-order valence-electron chi connectivity index (χ1n) is 6.60. The average Bonchev–Trinajstić information content (AvgIpc) is 2.95. The number of nitrogens with zero attached hydrogens (tertiary/aromatic N) is 3. The molecule has 0 spiro atoms. The summed E-state index contributed by atoms with van der Waals surface area (Å²) >= 11 is 0. The maximum Gasteiger partial charge on any atom is 0.315 e. The van der Waals surface area contributed by atoms with Crippen LogP contribution in [0.5, 0.6) is 0 Å². The van der Waals surface area contributed by atoms with Crippen molar-refractivity contribution in [1.29, 1.82) is 0 Å². The van der Waals surface area contributed by atoms with Gasteiger partial charge in [0.15, 0.2) is 0 Å². The van der Waals surface area contributed by atoms with Crippen LogP contribution in [0.3, 0.4) is 0 Å². The Morgan fingerprint density at radius 2 is 2.14 bits per heavy atom. The van der Waals surface area contributed by atoms with E-state index in [2.05, 4.69) is 15.1 Å². The van der Waals surface area contributed by atoms with Crippen LogP contribution in [0.4, 0.5) is 0 Å². The maximum atomic E-state index is 11.4. The minimum Gasteiger partial charge on any atom is -0.466 e. The summed E-state index contributed by atoms with van der Waals surface area (Å²) in [4.78, 5) is 19.9. The Balaban J connectivity index is 1.93. The zero-order valence-corrected chi connectivity index (χ0v) is 11.4. The van der Waals surface area contributed by atoms with E-state index in [-0.39, 0.29) is 12.3 Å². The molecule has 0 atom stereocenters. The van der Waals surface area contributed by atoms with Gasteiger partial charge in [0.1, 0.15) is 12.1 Å². The maximum absolute atomic E-state index is 11.4. The summed E-state index contributed by atoms with van der Waals surface area (Å²) in [6.07, 6.45) is 1.66. The standard InChI is InChI=1S/C15H13N3O3/c1-2-20-13(19)9-12-17-15(18-21-12)14-11-6-4-3-5-10(11)7-8-16-14/h3-8H,2,9H2,1H3. The molecule has 3 rings (SSSR count). The van der Waals surface area contributed by atoms with E-state index in [0.717, 1.165) is 10.8 Å². The van der Waals surface area contributed by atoms with Crippen molar-refractivity contribution in [3.8, 4) is 11.5 Å². The molecule has 0 aliphatic rings. The Hall–Kier alpha value is -2.76. The fourth-order valence-electron chi connectivity index (χ4n) is 2.06. The summed E-state index contributed by atoms with van der Waals surface area (Å²) < 4.78 is 9.93. The molecule has 0 amide bonds. The Kier molecular flexibility index (Phi) is 3.59. The Labute approximate surface area is 120 Å². The van der Waals surface area contributed by atoms with Gasteiger partial charge in [0.2, 0.25) is 11.7 Å². The number of carbonyl (C=O) groups is 1. The van der Waals surface area contributed by atoms with Gasteiger partial charge in [0, 0.05) is 11.6 Å². The van der Waals surface area contributed by atoms with Crippen LogP contribution >= 0.6 is 0 Å². The van der Waals surface area contributed by atoms with Crippen LogP contribution in [0.25, 0.3) is 22.3 Å². The van der Waals surface area contributed by atoms with Gasteiger partial charge >= 0.3 is 5.97 Å². The van der Waals surface area contributed by atoms with Crippen molar-refractivity contribution in [2.24, 2.45) is 0 Å². The van der Waals surface area contributed by atoms with Crippen LogP contribution in [0.2, 0.25) is 0 Å². The van der Waals surface area contributed by atoms with Gasteiger partial charge < -0.3 is 9.26 Å². The quantitative estimate of drug-likeness (QED) is 0.684. The fourth-order valence-corrected chi connectivity index (χ4v) is 2.06. The Morgan fingerprint density at radius 3 is 3.00 bits per heavy atom. The number of carbonyl (C=O) groups excluding carboxylic acids is 1. The van der Waals surface area contributed by atoms with Crippen molar-refractivity contribution in [3.63, 3.8) is 0 Å². The van der Waals surface area contributed by atoms with Crippen LogP contribution in [-0.2, 0) is 16.0 Å². The summed E-state index contributed by atoms with van der Waals surface area (Å²) in [5.74, 6) is 0.197. The molecule has 0 radical (unpaired) electrons. The average molecular weight is 283 g/mol. The van der Waals surface area contributed by atoms with E-state index < -0.39 is 5.97 Å². The lowest BCUT2D eigenvalue weighted by Gasteiger charge is -2.00. The zero-order chi connectivity index (χ0) is 14.7. The van der Waals surface area contributed by atoms with E-state index >= 15 is 0 Å². The van der Waals surface area contributed by atoms with Crippen LogP contribution in [0, 0.1) is 0 Å². The highest BCUT2D eigenvalue weighted by Crippen LogP contribution is 2.24. The van der Waals surface area contributed by atoms with Crippen LogP contribution in [-0.4, -0.2) is 27.7 Å². The van der Waals surface area contributed by atoms with Crippen molar-refractivity contribution < 1.29 is 14.1 Å². The van der Waals surface area contributed by atoms with Crippen molar-refractivity contribution in [2.45, 2.75) is 13.3 Å². The molecule has 3 aromatic rings. The molecular weight excluding hydrogens is 270 g/mol. The number of hydrogen-bond acceptors (Lipinski definition) is 6. The minimum atomic E-state index is -0.390. The normalized spacial score (nSPS) is 10.7. The lowest BCUT2D eigenvalue weighted by Crippen LogP contribution is -2.07. The summed E-state index contributed by atoms with van der Waals surface area (Å²) in [6.45, 7) is 2.07. The number of rotatable bonds is 4. The number of pyridine rings is 1. The molecule has 0 saturated heterocycles. The Morgan fingerprint density at radius 1 is 1.29 bits per heavy atom. The summed E-state index contributed by atoms with van der Waals surface area (Å²) in [7, 11) is 0. The van der Waals surface area contributed by atoms with E-state index in [1.54, 1.807) is 13.1 Å². The first kappa shape index (κ1) is 13.2. The van der Waals surface area contributed by atoms with Crippen molar-refractivity contribution in [3.05, 3.63) is 42.4 Å². The molecule has 0 unspecified atom stereocenters. The predicted molar refractivity (Wildman–Crippen MR) is 75.4 cm³/mol. The topological polar surface area (TPSA) is 78.1 Å². The van der Waals surface area contributed by atoms with Gasteiger partial charge in [0.25, 0.3) is 0 Å². The third kappa shape index (κ3) is 2.74. The van der Waals surface area contributed by atoms with Crippen molar-refractivity contribution in [1.82, 2.24) is 15.1 Å². The number of esters is 1. The predicted octanol–water partition coefficient (Wildman–Crippen LogP) is 2.39. The lowest BCUT2D eigenvalue weighted by atomic mass is 10.1. The molecule has 0 aliphatic carbocycles. The van der Waals surface area contributed by atoms with Gasteiger partial charge in [-0.3, -0.25) is 9.78 Å². The van der Waals surface area contributed by atoms with Gasteiger partial charge in [-0.2, -0.15) is 4.98 Å². The molecule has 21 heavy (non-hydrogen) atoms. The number of hydrogen-bond donors (Lipinski definition) is 0. The second-order valence-corrected chi connectivity index (χ2v) is 4.37. The van der Waals surface area contributed by atoms with Crippen LogP contribution < -0.4 is 0 Å². The number of fused-ring (bicyclic) bond motifs is 1. The summed E-state index contributed by atoms with van der Waals surface area (Å²) in [6, 6.07) is 9.72. The van der Waals surface area contributed by atoms with Crippen LogP contribution in [0.1, 0.15) is 12.8 Å². The third-order valence-electron chi connectivity index (χ3n) is 2.95. The second kappa shape index (κ2) is 5.70. The number of ether oxygens (including phenoxy) is 1. The van der Waals surface area contributed by atoms with E-state index in [4.69, 9.17) is 9.26 Å². The lowest BCUT2D eigenvalue weighted by molar-refractivity contribution is -0.142. The smallest absolute Gasteiger partial charge is 0.315 e. The van der Waals surface area contributed by atoms with Gasteiger partial charge in [0.05, 0.1) is 6.61 Å². The number of aromatic nitrogens is 3. The van der Waals surface area contributed by atoms with Crippen molar-refractivity contribution in [2.75, 3.05) is 6.61 Å².